The molecule has 0 saturated carbocycles. The van der Waals surface area contributed by atoms with E-state index in [0.29, 0.717) is 12.4 Å². The van der Waals surface area contributed by atoms with Gasteiger partial charge in [-0.3, -0.25) is 0 Å². The maximum atomic E-state index is 10.8. The lowest BCUT2D eigenvalue weighted by Gasteiger charge is -2.01. The molecule has 0 spiro atoms. The maximum Gasteiger partial charge on any atom is 0.349 e. The molecule has 0 aliphatic carbocycles. The molecule has 0 unspecified atom stereocenters. The van der Waals surface area contributed by atoms with E-state index in [4.69, 9.17) is 9.84 Å². The fourth-order valence-electron chi connectivity index (χ4n) is 1.45. The molecule has 4 heteroatoms. The summed E-state index contributed by atoms with van der Waals surface area (Å²) >= 11 is 1.16. The summed E-state index contributed by atoms with van der Waals surface area (Å²) in [5.74, 6) is -0.530. The summed E-state index contributed by atoms with van der Waals surface area (Å²) in [6.07, 6.45) is 3.80. The minimum absolute atomic E-state index is 0.239. The number of carboxylic acids is 1. The second kappa shape index (κ2) is 6.02. The summed E-state index contributed by atoms with van der Waals surface area (Å²) in [5, 5.41) is 10.6. The third kappa shape index (κ3) is 3.21. The average Bonchev–Trinajstić information content (AvgIpc) is 2.84. The Morgan fingerprint density at radius 3 is 2.78 bits per heavy atom. The van der Waals surface area contributed by atoms with Crippen LogP contribution in [0.3, 0.4) is 0 Å². The zero-order valence-electron chi connectivity index (χ0n) is 9.58. The molecule has 1 heterocycles. The lowest BCUT2D eigenvalue weighted by atomic mass is 10.2. The molecule has 0 aliphatic rings. The predicted molar refractivity (Wildman–Crippen MR) is 72.2 cm³/mol. The monoisotopic (exact) mass is 260 g/mol. The van der Waals surface area contributed by atoms with E-state index in [1.54, 1.807) is 11.4 Å². The number of carboxylic acid groups (broad SMARTS) is 1. The van der Waals surface area contributed by atoms with Crippen molar-refractivity contribution in [2.45, 2.75) is 0 Å². The van der Waals surface area contributed by atoms with Gasteiger partial charge in [-0.05, 0) is 23.1 Å². The van der Waals surface area contributed by atoms with Gasteiger partial charge in [0.25, 0.3) is 0 Å². The van der Waals surface area contributed by atoms with E-state index in [1.807, 2.05) is 42.5 Å². The largest absolute Gasteiger partial charge is 0.488 e. The molecule has 92 valence electrons. The Labute approximate surface area is 109 Å². The van der Waals surface area contributed by atoms with Crippen LogP contribution in [0.5, 0.6) is 5.75 Å². The molecule has 0 radical (unpaired) electrons. The van der Waals surface area contributed by atoms with Gasteiger partial charge >= 0.3 is 5.97 Å². The fourth-order valence-corrected chi connectivity index (χ4v) is 2.12. The Bertz CT molecular complexity index is 543. The van der Waals surface area contributed by atoms with Crippen molar-refractivity contribution in [3.05, 3.63) is 58.3 Å². The Morgan fingerprint density at radius 1 is 1.28 bits per heavy atom. The molecule has 0 saturated heterocycles. The minimum Gasteiger partial charge on any atom is -0.488 e. The van der Waals surface area contributed by atoms with Crippen molar-refractivity contribution in [3.63, 3.8) is 0 Å². The summed E-state index contributed by atoms with van der Waals surface area (Å²) in [6, 6.07) is 11.5. The lowest BCUT2D eigenvalue weighted by Crippen LogP contribution is -1.99. The summed E-state index contributed by atoms with van der Waals surface area (Å²) in [7, 11) is 0. The van der Waals surface area contributed by atoms with Gasteiger partial charge in [-0.2, -0.15) is 0 Å². The second-order valence-corrected chi connectivity index (χ2v) is 4.46. The Morgan fingerprint density at radius 2 is 2.06 bits per heavy atom. The van der Waals surface area contributed by atoms with E-state index in [-0.39, 0.29) is 4.88 Å². The van der Waals surface area contributed by atoms with Crippen LogP contribution in [0.15, 0.2) is 47.9 Å². The number of benzene rings is 1. The van der Waals surface area contributed by atoms with Gasteiger partial charge in [-0.15, -0.1) is 11.3 Å². The van der Waals surface area contributed by atoms with Gasteiger partial charge in [0.1, 0.15) is 12.4 Å². The van der Waals surface area contributed by atoms with Crippen molar-refractivity contribution >= 4 is 23.4 Å². The Kier molecular flexibility index (Phi) is 4.15. The SMILES string of the molecule is O=C(O)c1sccc1OCC=Cc1ccccc1. The first-order valence-electron chi connectivity index (χ1n) is 5.42. The number of carbonyl (C=O) groups is 1. The van der Waals surface area contributed by atoms with Crippen molar-refractivity contribution in [2.24, 2.45) is 0 Å². The van der Waals surface area contributed by atoms with Crippen LogP contribution in [-0.4, -0.2) is 17.7 Å². The number of ether oxygens (including phenoxy) is 1. The maximum absolute atomic E-state index is 10.8. The molecule has 3 nitrogen and oxygen atoms in total. The Hall–Kier alpha value is -2.07. The van der Waals surface area contributed by atoms with Crippen LogP contribution in [0.25, 0.3) is 6.08 Å². The van der Waals surface area contributed by atoms with Crippen LogP contribution >= 0.6 is 11.3 Å². The third-order valence-electron chi connectivity index (χ3n) is 2.27. The molecule has 0 bridgehead atoms. The standard InChI is InChI=1S/C14H12O3S/c15-14(16)13-12(8-10-18-13)17-9-4-7-11-5-2-1-3-6-11/h1-8,10H,9H2,(H,15,16). The molecule has 2 rings (SSSR count). The van der Waals surface area contributed by atoms with Gasteiger partial charge in [0.2, 0.25) is 0 Å². The normalized spacial score (nSPS) is 10.7. The van der Waals surface area contributed by atoms with Gasteiger partial charge in [0, 0.05) is 0 Å². The van der Waals surface area contributed by atoms with E-state index in [2.05, 4.69) is 0 Å². The first-order chi connectivity index (χ1) is 8.77. The molecule has 0 aliphatic heterocycles. The predicted octanol–water partition coefficient (Wildman–Crippen LogP) is 3.54. The van der Waals surface area contributed by atoms with E-state index in [9.17, 15) is 4.79 Å². The van der Waals surface area contributed by atoms with Gasteiger partial charge in [0.15, 0.2) is 4.88 Å². The zero-order valence-corrected chi connectivity index (χ0v) is 10.4. The number of hydrogen-bond acceptors (Lipinski definition) is 3. The van der Waals surface area contributed by atoms with Crippen molar-refractivity contribution in [1.82, 2.24) is 0 Å². The molecule has 18 heavy (non-hydrogen) atoms. The highest BCUT2D eigenvalue weighted by Gasteiger charge is 2.11. The molecule has 1 aromatic carbocycles. The summed E-state index contributed by atoms with van der Waals surface area (Å²) in [4.78, 5) is 11.1. The smallest absolute Gasteiger partial charge is 0.349 e. The Balaban J connectivity index is 1.91. The second-order valence-electron chi connectivity index (χ2n) is 3.54. The molecule has 0 atom stereocenters. The minimum atomic E-state index is -0.952. The van der Waals surface area contributed by atoms with Crippen molar-refractivity contribution < 1.29 is 14.6 Å². The molecule has 2 aromatic rings. The van der Waals surface area contributed by atoms with E-state index < -0.39 is 5.97 Å². The number of hydrogen-bond donors (Lipinski definition) is 1. The van der Waals surface area contributed by atoms with E-state index in [1.165, 1.54) is 0 Å². The molecule has 0 fully saturated rings. The van der Waals surface area contributed by atoms with Gasteiger partial charge in [-0.25, -0.2) is 4.79 Å². The van der Waals surface area contributed by atoms with Crippen LogP contribution in [0.1, 0.15) is 15.2 Å². The first-order valence-corrected chi connectivity index (χ1v) is 6.30. The number of aromatic carboxylic acids is 1. The highest BCUT2D eigenvalue weighted by molar-refractivity contribution is 7.12. The summed E-state index contributed by atoms with van der Waals surface area (Å²) in [5.41, 5.74) is 1.09. The highest BCUT2D eigenvalue weighted by Crippen LogP contribution is 2.24. The first kappa shape index (κ1) is 12.4. The quantitative estimate of drug-likeness (QED) is 0.894. The molecule has 0 amide bonds. The van der Waals surface area contributed by atoms with E-state index >= 15 is 0 Å². The molecular formula is C14H12O3S. The summed E-state index contributed by atoms with van der Waals surface area (Å²) < 4.78 is 5.40. The highest BCUT2D eigenvalue weighted by atomic mass is 32.1. The van der Waals surface area contributed by atoms with E-state index in [0.717, 1.165) is 16.9 Å². The van der Waals surface area contributed by atoms with Crippen LogP contribution in [-0.2, 0) is 0 Å². The topological polar surface area (TPSA) is 46.5 Å². The van der Waals surface area contributed by atoms with Crippen LogP contribution < -0.4 is 4.74 Å². The number of rotatable bonds is 5. The third-order valence-corrected chi connectivity index (χ3v) is 3.15. The zero-order chi connectivity index (χ0) is 12.8. The van der Waals surface area contributed by atoms with Crippen LogP contribution in [0.4, 0.5) is 0 Å². The lowest BCUT2D eigenvalue weighted by molar-refractivity contribution is 0.0698. The van der Waals surface area contributed by atoms with Gasteiger partial charge in [0.05, 0.1) is 0 Å². The van der Waals surface area contributed by atoms with Crippen molar-refractivity contribution in [1.29, 1.82) is 0 Å². The average molecular weight is 260 g/mol. The molecule has 1 N–H and O–H groups in total. The van der Waals surface area contributed by atoms with Crippen LogP contribution in [0, 0.1) is 0 Å². The fraction of sp³-hybridized carbons (Fsp3) is 0.0714. The van der Waals surface area contributed by atoms with Gasteiger partial charge in [-0.1, -0.05) is 36.4 Å². The molecular weight excluding hydrogens is 248 g/mol. The summed E-state index contributed by atoms with van der Waals surface area (Å²) in [6.45, 7) is 0.353. The van der Waals surface area contributed by atoms with Crippen molar-refractivity contribution in [3.8, 4) is 5.75 Å². The number of thiophene rings is 1. The van der Waals surface area contributed by atoms with Crippen LogP contribution in [0.2, 0.25) is 0 Å². The van der Waals surface area contributed by atoms with Gasteiger partial charge < -0.3 is 9.84 Å². The molecule has 1 aromatic heterocycles. The van der Waals surface area contributed by atoms with Crippen molar-refractivity contribution in [2.75, 3.05) is 6.61 Å².